The molecule has 19 heavy (non-hydrogen) atoms. The van der Waals surface area contributed by atoms with E-state index < -0.39 is 5.54 Å². The molecule has 1 aliphatic rings. The largest absolute Gasteiger partial charge is 0.421 e. The molecule has 1 fully saturated rings. The van der Waals surface area contributed by atoms with Gasteiger partial charge in [-0.05, 0) is 25.0 Å². The highest BCUT2D eigenvalue weighted by molar-refractivity contribution is 6.02. The average molecular weight is 258 g/mol. The molecule has 98 valence electrons. The molecule has 0 saturated heterocycles. The Labute approximate surface area is 110 Å². The van der Waals surface area contributed by atoms with E-state index in [2.05, 4.69) is 15.5 Å². The molecule has 6 nitrogen and oxygen atoms in total. The van der Waals surface area contributed by atoms with Gasteiger partial charge in [0.1, 0.15) is 0 Å². The van der Waals surface area contributed by atoms with Crippen LogP contribution in [0.1, 0.15) is 18.7 Å². The lowest BCUT2D eigenvalue weighted by molar-refractivity contribution is -0.118. The Balaban J connectivity index is 1.91. The summed E-state index contributed by atoms with van der Waals surface area (Å²) in [6, 6.07) is 7.29. The van der Waals surface area contributed by atoms with Gasteiger partial charge < -0.3 is 15.5 Å². The fraction of sp³-hybridized carbons (Fsp3) is 0.308. The first-order chi connectivity index (χ1) is 9.08. The number of anilines is 1. The van der Waals surface area contributed by atoms with Crippen molar-refractivity contribution in [2.75, 3.05) is 5.32 Å². The molecule has 0 bridgehead atoms. The summed E-state index contributed by atoms with van der Waals surface area (Å²) in [5.41, 5.74) is 6.48. The minimum absolute atomic E-state index is 0.170. The second kappa shape index (κ2) is 4.17. The molecule has 0 spiro atoms. The predicted molar refractivity (Wildman–Crippen MR) is 69.3 cm³/mol. The lowest BCUT2D eigenvalue weighted by atomic mass is 10.1. The van der Waals surface area contributed by atoms with Crippen molar-refractivity contribution in [2.45, 2.75) is 25.3 Å². The first-order valence-electron chi connectivity index (χ1n) is 6.08. The zero-order valence-corrected chi connectivity index (χ0v) is 10.5. The van der Waals surface area contributed by atoms with Gasteiger partial charge in [-0.3, -0.25) is 4.79 Å². The Morgan fingerprint density at radius 1 is 1.37 bits per heavy atom. The zero-order chi connectivity index (χ0) is 13.5. The van der Waals surface area contributed by atoms with E-state index in [0.717, 1.165) is 12.8 Å². The maximum atomic E-state index is 12.0. The third-order valence-corrected chi connectivity index (χ3v) is 3.17. The minimum Gasteiger partial charge on any atom is -0.421 e. The molecule has 3 rings (SSSR count). The molecule has 1 aromatic carbocycles. The number of nitrogens with one attached hydrogen (secondary N) is 1. The first-order valence-corrected chi connectivity index (χ1v) is 6.08. The summed E-state index contributed by atoms with van der Waals surface area (Å²) < 4.78 is 5.39. The van der Waals surface area contributed by atoms with Gasteiger partial charge in [-0.15, -0.1) is 10.2 Å². The van der Waals surface area contributed by atoms with Crippen LogP contribution in [0.5, 0.6) is 0 Å². The van der Waals surface area contributed by atoms with E-state index in [1.165, 1.54) is 0 Å². The molecule has 1 saturated carbocycles. The maximum absolute atomic E-state index is 12.0. The fourth-order valence-electron chi connectivity index (χ4n) is 1.79. The van der Waals surface area contributed by atoms with Gasteiger partial charge in [-0.2, -0.15) is 0 Å². The number of nitrogens with zero attached hydrogens (tertiary/aromatic N) is 2. The molecule has 1 aromatic heterocycles. The third kappa shape index (κ3) is 2.22. The lowest BCUT2D eigenvalue weighted by Gasteiger charge is -2.12. The van der Waals surface area contributed by atoms with E-state index in [1.807, 2.05) is 18.2 Å². The SMILES string of the molecule is Cc1nnc(-c2ccccc2NC(=O)C2(N)CC2)o1. The van der Waals surface area contributed by atoms with Gasteiger partial charge in [-0.1, -0.05) is 12.1 Å². The van der Waals surface area contributed by atoms with E-state index in [9.17, 15) is 4.79 Å². The number of aryl methyl sites for hydroxylation is 1. The first kappa shape index (κ1) is 11.9. The van der Waals surface area contributed by atoms with Gasteiger partial charge in [0.05, 0.1) is 16.8 Å². The van der Waals surface area contributed by atoms with Crippen molar-refractivity contribution < 1.29 is 9.21 Å². The third-order valence-electron chi connectivity index (χ3n) is 3.17. The highest BCUT2D eigenvalue weighted by Gasteiger charge is 2.46. The topological polar surface area (TPSA) is 94.0 Å². The van der Waals surface area contributed by atoms with Crippen molar-refractivity contribution in [2.24, 2.45) is 5.73 Å². The second-order valence-corrected chi connectivity index (χ2v) is 4.78. The summed E-state index contributed by atoms with van der Waals surface area (Å²) in [5, 5.41) is 10.6. The summed E-state index contributed by atoms with van der Waals surface area (Å²) in [6.07, 6.45) is 1.45. The van der Waals surface area contributed by atoms with E-state index in [4.69, 9.17) is 10.2 Å². The van der Waals surface area contributed by atoms with Crippen LogP contribution in [0.25, 0.3) is 11.5 Å². The van der Waals surface area contributed by atoms with Crippen LogP contribution in [0.15, 0.2) is 28.7 Å². The number of nitrogens with two attached hydrogens (primary N) is 1. The highest BCUT2D eigenvalue weighted by Crippen LogP contribution is 2.34. The number of amides is 1. The van der Waals surface area contributed by atoms with Crippen LogP contribution in [-0.4, -0.2) is 21.6 Å². The highest BCUT2D eigenvalue weighted by atomic mass is 16.4. The molecule has 1 amide bonds. The summed E-state index contributed by atoms with van der Waals surface area (Å²) >= 11 is 0. The quantitative estimate of drug-likeness (QED) is 0.869. The van der Waals surface area contributed by atoms with Crippen LogP contribution < -0.4 is 11.1 Å². The van der Waals surface area contributed by atoms with Crippen LogP contribution >= 0.6 is 0 Å². The summed E-state index contributed by atoms with van der Waals surface area (Å²) in [6.45, 7) is 1.72. The van der Waals surface area contributed by atoms with E-state index >= 15 is 0 Å². The van der Waals surface area contributed by atoms with Gasteiger partial charge in [0.2, 0.25) is 17.7 Å². The van der Waals surface area contributed by atoms with Crippen LogP contribution in [0.3, 0.4) is 0 Å². The molecule has 0 aliphatic heterocycles. The fourth-order valence-corrected chi connectivity index (χ4v) is 1.79. The Bertz CT molecular complexity index is 631. The number of carbonyl (C=O) groups excluding carboxylic acids is 1. The van der Waals surface area contributed by atoms with Crippen molar-refractivity contribution in [3.05, 3.63) is 30.2 Å². The van der Waals surface area contributed by atoms with Crippen molar-refractivity contribution >= 4 is 11.6 Å². The number of hydrogen-bond acceptors (Lipinski definition) is 5. The zero-order valence-electron chi connectivity index (χ0n) is 10.5. The lowest BCUT2D eigenvalue weighted by Crippen LogP contribution is -2.37. The Kier molecular flexibility index (Phi) is 2.60. The molecule has 0 unspecified atom stereocenters. The number of para-hydroxylation sites is 1. The predicted octanol–water partition coefficient (Wildman–Crippen LogP) is 1.47. The Hall–Kier alpha value is -2.21. The summed E-state index contributed by atoms with van der Waals surface area (Å²) in [4.78, 5) is 12.0. The molecule has 0 atom stereocenters. The molecule has 3 N–H and O–H groups in total. The number of rotatable bonds is 3. The standard InChI is InChI=1S/C13H14N4O2/c1-8-16-17-11(19-8)9-4-2-3-5-10(9)15-12(18)13(14)6-7-13/h2-5H,6-7,14H2,1H3,(H,15,18). The van der Waals surface area contributed by atoms with E-state index in [1.54, 1.807) is 13.0 Å². The molecule has 0 radical (unpaired) electrons. The van der Waals surface area contributed by atoms with Crippen molar-refractivity contribution in [3.8, 4) is 11.5 Å². The van der Waals surface area contributed by atoms with Gasteiger partial charge >= 0.3 is 0 Å². The van der Waals surface area contributed by atoms with Crippen LogP contribution in [0.2, 0.25) is 0 Å². The smallest absolute Gasteiger partial charge is 0.249 e. The van der Waals surface area contributed by atoms with Gasteiger partial charge in [0, 0.05) is 6.92 Å². The monoisotopic (exact) mass is 258 g/mol. The van der Waals surface area contributed by atoms with Crippen molar-refractivity contribution in [1.29, 1.82) is 0 Å². The molecular formula is C13H14N4O2. The Morgan fingerprint density at radius 2 is 2.11 bits per heavy atom. The maximum Gasteiger partial charge on any atom is 0.249 e. The van der Waals surface area contributed by atoms with Crippen molar-refractivity contribution in [1.82, 2.24) is 10.2 Å². The van der Waals surface area contributed by atoms with E-state index in [-0.39, 0.29) is 5.91 Å². The summed E-state index contributed by atoms with van der Waals surface area (Å²) in [5.74, 6) is 0.695. The van der Waals surface area contributed by atoms with Crippen LogP contribution in [-0.2, 0) is 4.79 Å². The van der Waals surface area contributed by atoms with Crippen molar-refractivity contribution in [3.63, 3.8) is 0 Å². The van der Waals surface area contributed by atoms with Gasteiger partial charge in [0.15, 0.2) is 0 Å². The number of benzene rings is 1. The number of hydrogen-bond donors (Lipinski definition) is 2. The second-order valence-electron chi connectivity index (χ2n) is 4.78. The van der Waals surface area contributed by atoms with E-state index in [0.29, 0.717) is 23.0 Å². The molecule has 2 aromatic rings. The van der Waals surface area contributed by atoms with Gasteiger partial charge in [-0.25, -0.2) is 0 Å². The molecule has 1 heterocycles. The molecular weight excluding hydrogens is 244 g/mol. The normalized spacial score (nSPS) is 16.1. The number of carbonyl (C=O) groups is 1. The number of aromatic nitrogens is 2. The Morgan fingerprint density at radius 3 is 2.74 bits per heavy atom. The van der Waals surface area contributed by atoms with Gasteiger partial charge in [0.25, 0.3) is 0 Å². The minimum atomic E-state index is -0.710. The van der Waals surface area contributed by atoms with Crippen LogP contribution in [0, 0.1) is 6.92 Å². The summed E-state index contributed by atoms with van der Waals surface area (Å²) in [7, 11) is 0. The van der Waals surface area contributed by atoms with Crippen LogP contribution in [0.4, 0.5) is 5.69 Å². The molecule has 6 heteroatoms. The average Bonchev–Trinajstić information content (AvgIpc) is 3.00. The molecule has 1 aliphatic carbocycles.